The standard InChI is InChI=1S/C19H15ClN4OS2/c20-14-5-3-4-13(10-14)11-24-17(8-9-21-24)23-18(25)12-26-19-22-15-6-1-2-7-16(15)27-19/h1-10H,11-12H2,(H,23,25). The minimum Gasteiger partial charge on any atom is -0.310 e. The molecule has 0 spiro atoms. The maximum absolute atomic E-state index is 12.3. The van der Waals surface area contributed by atoms with Crippen LogP contribution in [0.5, 0.6) is 0 Å². The highest BCUT2D eigenvalue weighted by atomic mass is 35.5. The Bertz CT molecular complexity index is 1060. The van der Waals surface area contributed by atoms with Gasteiger partial charge in [-0.15, -0.1) is 11.3 Å². The summed E-state index contributed by atoms with van der Waals surface area (Å²) in [5, 5.41) is 7.88. The Hall–Kier alpha value is -2.35. The first-order chi connectivity index (χ1) is 13.2. The molecule has 8 heteroatoms. The molecule has 0 atom stereocenters. The third-order valence-electron chi connectivity index (χ3n) is 3.81. The molecule has 0 aliphatic heterocycles. The lowest BCUT2D eigenvalue weighted by Gasteiger charge is -2.09. The number of hydrogen-bond donors (Lipinski definition) is 1. The fourth-order valence-electron chi connectivity index (χ4n) is 2.59. The average Bonchev–Trinajstić information content (AvgIpc) is 3.26. The number of rotatable bonds is 6. The second-order valence-electron chi connectivity index (χ2n) is 5.79. The molecule has 5 nitrogen and oxygen atoms in total. The Kier molecular flexibility index (Phi) is 5.42. The number of hydrogen-bond acceptors (Lipinski definition) is 5. The van der Waals surface area contributed by atoms with Crippen molar-refractivity contribution in [3.63, 3.8) is 0 Å². The van der Waals surface area contributed by atoms with Crippen LogP contribution >= 0.6 is 34.7 Å². The van der Waals surface area contributed by atoms with E-state index in [1.807, 2.05) is 48.5 Å². The largest absolute Gasteiger partial charge is 0.310 e. The van der Waals surface area contributed by atoms with Crippen LogP contribution in [-0.2, 0) is 11.3 Å². The third kappa shape index (κ3) is 4.50. The molecule has 2 aromatic heterocycles. The lowest BCUT2D eigenvalue weighted by molar-refractivity contribution is -0.113. The zero-order valence-corrected chi connectivity index (χ0v) is 16.5. The van der Waals surface area contributed by atoms with Crippen LogP contribution in [0, 0.1) is 0 Å². The number of carbonyl (C=O) groups is 1. The number of nitrogens with one attached hydrogen (secondary N) is 1. The molecule has 0 aliphatic rings. The lowest BCUT2D eigenvalue weighted by atomic mass is 10.2. The van der Waals surface area contributed by atoms with Crippen molar-refractivity contribution in [2.75, 3.05) is 11.1 Å². The van der Waals surface area contributed by atoms with E-state index in [2.05, 4.69) is 15.4 Å². The van der Waals surface area contributed by atoms with Gasteiger partial charge in [-0.05, 0) is 29.8 Å². The van der Waals surface area contributed by atoms with Crippen LogP contribution in [0.2, 0.25) is 5.02 Å². The molecule has 2 aromatic carbocycles. The summed E-state index contributed by atoms with van der Waals surface area (Å²) in [5.41, 5.74) is 1.98. The van der Waals surface area contributed by atoms with Gasteiger partial charge in [0.25, 0.3) is 0 Å². The first-order valence-electron chi connectivity index (χ1n) is 8.22. The number of thioether (sulfide) groups is 1. The number of amides is 1. The van der Waals surface area contributed by atoms with Crippen LogP contribution in [0.1, 0.15) is 5.56 Å². The van der Waals surface area contributed by atoms with E-state index in [0.29, 0.717) is 23.1 Å². The van der Waals surface area contributed by atoms with Gasteiger partial charge >= 0.3 is 0 Å². The molecule has 4 aromatic rings. The van der Waals surface area contributed by atoms with Crippen LogP contribution in [-0.4, -0.2) is 26.4 Å². The molecular weight excluding hydrogens is 400 g/mol. The van der Waals surface area contributed by atoms with Gasteiger partial charge in [-0.25, -0.2) is 9.67 Å². The van der Waals surface area contributed by atoms with Gasteiger partial charge in [-0.3, -0.25) is 4.79 Å². The molecule has 136 valence electrons. The molecule has 27 heavy (non-hydrogen) atoms. The van der Waals surface area contributed by atoms with E-state index in [4.69, 9.17) is 11.6 Å². The van der Waals surface area contributed by atoms with Crippen molar-refractivity contribution in [1.29, 1.82) is 0 Å². The van der Waals surface area contributed by atoms with Gasteiger partial charge in [-0.1, -0.05) is 47.6 Å². The van der Waals surface area contributed by atoms with Crippen LogP contribution in [0.4, 0.5) is 5.82 Å². The Morgan fingerprint density at radius 2 is 2.07 bits per heavy atom. The van der Waals surface area contributed by atoms with Crippen molar-refractivity contribution in [3.8, 4) is 0 Å². The number of benzene rings is 2. The molecule has 1 amide bonds. The fourth-order valence-corrected chi connectivity index (χ4v) is 4.67. The molecule has 1 N–H and O–H groups in total. The Labute approximate surface area is 169 Å². The van der Waals surface area contributed by atoms with Crippen LogP contribution < -0.4 is 5.32 Å². The normalized spacial score (nSPS) is 11.0. The number of anilines is 1. The molecule has 0 saturated heterocycles. The van der Waals surface area contributed by atoms with Gasteiger partial charge in [0, 0.05) is 11.1 Å². The molecule has 0 saturated carbocycles. The summed E-state index contributed by atoms with van der Waals surface area (Å²) >= 11 is 9.06. The monoisotopic (exact) mass is 414 g/mol. The first-order valence-corrected chi connectivity index (χ1v) is 10.4. The summed E-state index contributed by atoms with van der Waals surface area (Å²) in [6, 6.07) is 17.3. The highest BCUT2D eigenvalue weighted by molar-refractivity contribution is 8.01. The summed E-state index contributed by atoms with van der Waals surface area (Å²) < 4.78 is 3.75. The highest BCUT2D eigenvalue weighted by Crippen LogP contribution is 2.29. The molecular formula is C19H15ClN4OS2. The van der Waals surface area contributed by atoms with E-state index in [-0.39, 0.29) is 5.91 Å². The van der Waals surface area contributed by atoms with Crippen LogP contribution in [0.3, 0.4) is 0 Å². The van der Waals surface area contributed by atoms with Crippen LogP contribution in [0.15, 0.2) is 65.1 Å². The van der Waals surface area contributed by atoms with E-state index in [1.54, 1.807) is 28.3 Å². The van der Waals surface area contributed by atoms with Gasteiger partial charge in [0.05, 0.1) is 28.7 Å². The highest BCUT2D eigenvalue weighted by Gasteiger charge is 2.11. The molecule has 0 radical (unpaired) electrons. The second-order valence-corrected chi connectivity index (χ2v) is 8.48. The minimum absolute atomic E-state index is 0.0906. The summed E-state index contributed by atoms with van der Waals surface area (Å²) in [4.78, 5) is 16.9. The second kappa shape index (κ2) is 8.12. The quantitative estimate of drug-likeness (QED) is 0.454. The van der Waals surface area contributed by atoms with Crippen molar-refractivity contribution in [2.45, 2.75) is 10.9 Å². The molecule has 0 bridgehead atoms. The number of para-hydroxylation sites is 1. The van der Waals surface area contributed by atoms with E-state index in [0.717, 1.165) is 20.1 Å². The summed E-state index contributed by atoms with van der Waals surface area (Å²) in [6.07, 6.45) is 1.67. The van der Waals surface area contributed by atoms with Gasteiger partial charge in [0.2, 0.25) is 5.91 Å². The number of carbonyl (C=O) groups excluding carboxylic acids is 1. The summed E-state index contributed by atoms with van der Waals surface area (Å²) in [7, 11) is 0. The maximum atomic E-state index is 12.3. The van der Waals surface area contributed by atoms with Gasteiger partial charge in [0.1, 0.15) is 5.82 Å². The number of nitrogens with zero attached hydrogens (tertiary/aromatic N) is 3. The number of aromatic nitrogens is 3. The van der Waals surface area contributed by atoms with Crippen LogP contribution in [0.25, 0.3) is 10.2 Å². The predicted octanol–water partition coefficient (Wildman–Crippen LogP) is 4.93. The van der Waals surface area contributed by atoms with E-state index < -0.39 is 0 Å². The van der Waals surface area contributed by atoms with Crippen molar-refractivity contribution in [3.05, 3.63) is 71.4 Å². The number of thiazole rings is 1. The lowest BCUT2D eigenvalue weighted by Crippen LogP contribution is -2.17. The molecule has 2 heterocycles. The number of fused-ring (bicyclic) bond motifs is 1. The van der Waals surface area contributed by atoms with Gasteiger partial charge in [0.15, 0.2) is 4.34 Å². The molecule has 0 aliphatic carbocycles. The zero-order valence-electron chi connectivity index (χ0n) is 14.1. The van der Waals surface area contributed by atoms with Crippen molar-refractivity contribution < 1.29 is 4.79 Å². The Morgan fingerprint density at radius 1 is 1.19 bits per heavy atom. The Morgan fingerprint density at radius 3 is 2.93 bits per heavy atom. The van der Waals surface area contributed by atoms with Gasteiger partial charge in [-0.2, -0.15) is 5.10 Å². The fraction of sp³-hybridized carbons (Fsp3) is 0.105. The molecule has 0 unspecified atom stereocenters. The SMILES string of the molecule is O=C(CSc1nc2ccccc2s1)Nc1ccnn1Cc1cccc(Cl)c1. The molecule has 0 fully saturated rings. The van der Waals surface area contributed by atoms with Crippen molar-refractivity contribution in [1.82, 2.24) is 14.8 Å². The van der Waals surface area contributed by atoms with Gasteiger partial charge < -0.3 is 5.32 Å². The smallest absolute Gasteiger partial charge is 0.235 e. The summed E-state index contributed by atoms with van der Waals surface area (Å²) in [6.45, 7) is 0.536. The zero-order chi connectivity index (χ0) is 18.6. The average molecular weight is 415 g/mol. The number of halogens is 1. The maximum Gasteiger partial charge on any atom is 0.235 e. The minimum atomic E-state index is -0.0906. The van der Waals surface area contributed by atoms with E-state index in [9.17, 15) is 4.79 Å². The van der Waals surface area contributed by atoms with Crippen molar-refractivity contribution >= 4 is 56.6 Å². The Balaban J connectivity index is 1.37. The van der Waals surface area contributed by atoms with Crippen molar-refractivity contribution in [2.24, 2.45) is 0 Å². The first kappa shape index (κ1) is 18.0. The summed E-state index contributed by atoms with van der Waals surface area (Å²) in [5.74, 6) is 0.860. The molecule has 4 rings (SSSR count). The topological polar surface area (TPSA) is 59.8 Å². The van der Waals surface area contributed by atoms with E-state index in [1.165, 1.54) is 11.8 Å². The predicted molar refractivity (Wildman–Crippen MR) is 112 cm³/mol. The van der Waals surface area contributed by atoms with E-state index >= 15 is 0 Å². The third-order valence-corrected chi connectivity index (χ3v) is 6.22.